The molecule has 2 aliphatic carbocycles. The van der Waals surface area contributed by atoms with Crippen LogP contribution in [0.4, 0.5) is 0 Å². The molecule has 0 heterocycles. The highest BCUT2D eigenvalue weighted by molar-refractivity contribution is 5.17. The van der Waals surface area contributed by atoms with E-state index in [2.05, 4.69) is 13.0 Å². The van der Waals surface area contributed by atoms with Crippen LogP contribution in [-0.2, 0) is 0 Å². The van der Waals surface area contributed by atoms with Gasteiger partial charge in [-0.05, 0) is 43.9 Å². The molecule has 0 radical (unpaired) electrons. The first kappa shape index (κ1) is 12.9. The Labute approximate surface area is 105 Å². The highest BCUT2D eigenvalue weighted by atomic mass is 16.3. The maximum Gasteiger partial charge on any atom is 0.0865 e. The maximum absolute atomic E-state index is 11.0. The summed E-state index contributed by atoms with van der Waals surface area (Å²) in [5.41, 5.74) is -1.17. The molecule has 1 N–H and O–H groups in total. The molecule has 0 bridgehead atoms. The Morgan fingerprint density at radius 3 is 2.53 bits per heavy atom. The smallest absolute Gasteiger partial charge is 0.0865 e. The third-order valence-electron chi connectivity index (χ3n) is 5.26. The van der Waals surface area contributed by atoms with Crippen LogP contribution in [0.5, 0.6) is 0 Å². The van der Waals surface area contributed by atoms with Crippen molar-refractivity contribution in [2.45, 2.75) is 70.8 Å². The molecule has 96 valence electrons. The summed E-state index contributed by atoms with van der Waals surface area (Å²) in [5, 5.41) is 20.7. The zero-order chi connectivity index (χ0) is 12.5. The molecule has 3 atom stereocenters. The van der Waals surface area contributed by atoms with Crippen LogP contribution in [-0.4, -0.2) is 10.7 Å². The Hall–Kier alpha value is -0.550. The van der Waals surface area contributed by atoms with Crippen LogP contribution < -0.4 is 0 Å². The molecule has 0 aromatic rings. The molecular formula is C15H25NO. The summed E-state index contributed by atoms with van der Waals surface area (Å²) in [5.74, 6) is 1.03. The monoisotopic (exact) mass is 235 g/mol. The van der Waals surface area contributed by atoms with Gasteiger partial charge in [0.2, 0.25) is 0 Å². The average Bonchev–Trinajstić information content (AvgIpc) is 3.22. The van der Waals surface area contributed by atoms with Gasteiger partial charge in [0.15, 0.2) is 0 Å². The predicted octanol–water partition coefficient (Wildman–Crippen LogP) is 3.65. The van der Waals surface area contributed by atoms with Gasteiger partial charge >= 0.3 is 0 Å². The zero-order valence-electron chi connectivity index (χ0n) is 11.2. The quantitative estimate of drug-likeness (QED) is 0.808. The van der Waals surface area contributed by atoms with Crippen LogP contribution in [0.15, 0.2) is 0 Å². The molecule has 0 aromatic heterocycles. The Kier molecular flexibility index (Phi) is 3.50. The second-order valence-corrected chi connectivity index (χ2v) is 6.12. The summed E-state index contributed by atoms with van der Waals surface area (Å²) < 4.78 is 0. The first-order chi connectivity index (χ1) is 8.12. The molecule has 0 spiro atoms. The van der Waals surface area contributed by atoms with E-state index >= 15 is 0 Å². The average molecular weight is 235 g/mol. The van der Waals surface area contributed by atoms with Crippen LogP contribution in [0.1, 0.15) is 65.2 Å². The molecule has 0 aromatic carbocycles. The van der Waals surface area contributed by atoms with E-state index in [1.165, 1.54) is 6.42 Å². The highest BCUT2D eigenvalue weighted by Crippen LogP contribution is 2.57. The molecule has 0 aliphatic heterocycles. The molecule has 2 heteroatoms. The Morgan fingerprint density at radius 1 is 1.35 bits per heavy atom. The summed E-state index contributed by atoms with van der Waals surface area (Å²) >= 11 is 0. The normalized spacial score (nSPS) is 37.2. The lowest BCUT2D eigenvalue weighted by molar-refractivity contribution is -0.101. The minimum atomic E-state index is -0.713. The van der Waals surface area contributed by atoms with Gasteiger partial charge in [0.25, 0.3) is 0 Å². The third kappa shape index (κ3) is 1.99. The number of hydrogen-bond donors (Lipinski definition) is 1. The minimum absolute atomic E-state index is 0.391. The molecule has 17 heavy (non-hydrogen) atoms. The molecule has 0 saturated heterocycles. The number of aliphatic hydroxyl groups is 1. The third-order valence-corrected chi connectivity index (χ3v) is 5.26. The van der Waals surface area contributed by atoms with Gasteiger partial charge in [0.05, 0.1) is 17.1 Å². The standard InChI is InChI=1S/C15H25NO/c1-3-12-6-5-9-14(10-12,11-16)15(17,4-2)13-7-8-13/h12-13,17H,3-10H2,1-2H3. The highest BCUT2D eigenvalue weighted by Gasteiger charge is 2.58. The molecular weight excluding hydrogens is 210 g/mol. The van der Waals surface area contributed by atoms with Crippen molar-refractivity contribution < 1.29 is 5.11 Å². The van der Waals surface area contributed by atoms with E-state index in [1.54, 1.807) is 0 Å². The van der Waals surface area contributed by atoms with E-state index in [9.17, 15) is 10.4 Å². The molecule has 3 unspecified atom stereocenters. The second-order valence-electron chi connectivity index (χ2n) is 6.12. The van der Waals surface area contributed by atoms with Gasteiger partial charge in [-0.1, -0.05) is 33.1 Å². The molecule has 2 fully saturated rings. The van der Waals surface area contributed by atoms with Gasteiger partial charge in [-0.15, -0.1) is 0 Å². The summed E-state index contributed by atoms with van der Waals surface area (Å²) in [7, 11) is 0. The van der Waals surface area contributed by atoms with E-state index in [4.69, 9.17) is 0 Å². The Morgan fingerprint density at radius 2 is 2.06 bits per heavy atom. The van der Waals surface area contributed by atoms with Crippen molar-refractivity contribution in [1.29, 1.82) is 5.26 Å². The Balaban J connectivity index is 2.26. The SMILES string of the molecule is CCC1CCCC(C#N)(C(O)(CC)C2CC2)C1. The molecule has 2 rings (SSSR count). The van der Waals surface area contributed by atoms with Gasteiger partial charge in [0.1, 0.15) is 0 Å². The lowest BCUT2D eigenvalue weighted by Gasteiger charge is -2.47. The van der Waals surface area contributed by atoms with Crippen molar-refractivity contribution >= 4 is 0 Å². The fourth-order valence-electron chi connectivity index (χ4n) is 3.91. The molecule has 0 amide bonds. The molecule has 2 aliphatic rings. The number of rotatable bonds is 4. The molecule has 2 nitrogen and oxygen atoms in total. The summed E-state index contributed by atoms with van der Waals surface area (Å²) in [6.45, 7) is 4.26. The lowest BCUT2D eigenvalue weighted by Crippen LogP contribution is -2.51. The lowest BCUT2D eigenvalue weighted by atomic mass is 9.58. The van der Waals surface area contributed by atoms with E-state index in [0.29, 0.717) is 11.8 Å². The minimum Gasteiger partial charge on any atom is -0.388 e. The van der Waals surface area contributed by atoms with Crippen molar-refractivity contribution in [1.82, 2.24) is 0 Å². The summed E-state index contributed by atoms with van der Waals surface area (Å²) in [6, 6.07) is 2.54. The second kappa shape index (κ2) is 4.61. The van der Waals surface area contributed by atoms with Crippen LogP contribution in [0, 0.1) is 28.6 Å². The molecule has 2 saturated carbocycles. The van der Waals surface area contributed by atoms with Crippen molar-refractivity contribution in [2.24, 2.45) is 17.3 Å². The summed E-state index contributed by atoms with van der Waals surface area (Å²) in [4.78, 5) is 0. The van der Waals surface area contributed by atoms with Crippen molar-refractivity contribution in [2.75, 3.05) is 0 Å². The number of hydrogen-bond acceptors (Lipinski definition) is 2. The number of nitriles is 1. The van der Waals surface area contributed by atoms with E-state index < -0.39 is 11.0 Å². The van der Waals surface area contributed by atoms with E-state index in [-0.39, 0.29) is 0 Å². The van der Waals surface area contributed by atoms with Gasteiger partial charge in [-0.3, -0.25) is 0 Å². The van der Waals surface area contributed by atoms with Gasteiger partial charge in [-0.2, -0.15) is 5.26 Å². The maximum atomic E-state index is 11.0. The summed E-state index contributed by atoms with van der Waals surface area (Å²) in [6.07, 6.45) is 8.29. The van der Waals surface area contributed by atoms with E-state index in [0.717, 1.165) is 44.9 Å². The van der Waals surface area contributed by atoms with Crippen LogP contribution in [0.25, 0.3) is 0 Å². The zero-order valence-corrected chi connectivity index (χ0v) is 11.2. The van der Waals surface area contributed by atoms with Gasteiger partial charge in [-0.25, -0.2) is 0 Å². The largest absolute Gasteiger partial charge is 0.388 e. The fraction of sp³-hybridized carbons (Fsp3) is 0.933. The first-order valence-electron chi connectivity index (χ1n) is 7.25. The van der Waals surface area contributed by atoms with Crippen LogP contribution in [0.3, 0.4) is 0 Å². The fourth-order valence-corrected chi connectivity index (χ4v) is 3.91. The van der Waals surface area contributed by atoms with Crippen molar-refractivity contribution in [3.63, 3.8) is 0 Å². The predicted molar refractivity (Wildman–Crippen MR) is 68.3 cm³/mol. The van der Waals surface area contributed by atoms with Crippen molar-refractivity contribution in [3.8, 4) is 6.07 Å². The van der Waals surface area contributed by atoms with Gasteiger partial charge < -0.3 is 5.11 Å². The topological polar surface area (TPSA) is 44.0 Å². The first-order valence-corrected chi connectivity index (χ1v) is 7.25. The van der Waals surface area contributed by atoms with Crippen molar-refractivity contribution in [3.05, 3.63) is 0 Å². The van der Waals surface area contributed by atoms with Crippen LogP contribution in [0.2, 0.25) is 0 Å². The van der Waals surface area contributed by atoms with Gasteiger partial charge in [0, 0.05) is 0 Å². The van der Waals surface area contributed by atoms with Crippen LogP contribution >= 0.6 is 0 Å². The Bertz CT molecular complexity index is 317. The number of nitrogens with zero attached hydrogens (tertiary/aromatic N) is 1. The van der Waals surface area contributed by atoms with E-state index in [1.807, 2.05) is 6.92 Å².